The van der Waals surface area contributed by atoms with Crippen molar-refractivity contribution in [2.45, 2.75) is 83.6 Å². The number of benzene rings is 3. The van der Waals surface area contributed by atoms with Crippen molar-refractivity contribution in [2.24, 2.45) is 10.7 Å². The lowest BCUT2D eigenvalue weighted by atomic mass is 10.1. The Balaban J connectivity index is 1.74. The zero-order valence-corrected chi connectivity index (χ0v) is 34.1. The summed E-state index contributed by atoms with van der Waals surface area (Å²) in [4.78, 5) is 93.8. The molecule has 0 aliphatic heterocycles. The first-order chi connectivity index (χ1) is 29.1. The number of esters is 2. The number of amides is 4. The average Bonchev–Trinajstić information content (AvgIpc) is 3.21. The Morgan fingerprint density at radius 2 is 1.30 bits per heavy atom. The largest absolute Gasteiger partial charge is 0.461 e. The van der Waals surface area contributed by atoms with E-state index in [0.717, 1.165) is 5.56 Å². The third-order valence-corrected chi connectivity index (χ3v) is 8.06. The number of hydrogen-bond donors (Lipinski definition) is 6. The van der Waals surface area contributed by atoms with Crippen LogP contribution in [0.3, 0.4) is 0 Å². The summed E-state index contributed by atoms with van der Waals surface area (Å²) < 4.78 is 21.9. The highest BCUT2D eigenvalue weighted by molar-refractivity contribution is 5.95. The van der Waals surface area contributed by atoms with E-state index in [4.69, 9.17) is 24.7 Å². The van der Waals surface area contributed by atoms with Crippen molar-refractivity contribution in [1.29, 1.82) is 0 Å². The quantitative estimate of drug-likeness (QED) is 0.0151. The highest BCUT2D eigenvalue weighted by Gasteiger charge is 2.31. The van der Waals surface area contributed by atoms with E-state index >= 15 is 0 Å². The van der Waals surface area contributed by atoms with Gasteiger partial charge in [-0.25, -0.2) is 24.7 Å². The molecule has 328 valence electrons. The van der Waals surface area contributed by atoms with Crippen molar-refractivity contribution >= 4 is 41.7 Å². The van der Waals surface area contributed by atoms with E-state index < -0.39 is 83.4 Å². The first kappa shape index (κ1) is 48.3. The Hall–Kier alpha value is -7.09. The van der Waals surface area contributed by atoms with Crippen LogP contribution in [0.25, 0.3) is 0 Å². The van der Waals surface area contributed by atoms with Gasteiger partial charge < -0.3 is 45.9 Å². The van der Waals surface area contributed by atoms with Crippen LogP contribution < -0.4 is 32.4 Å². The second-order valence-corrected chi connectivity index (χ2v) is 14.3. The lowest BCUT2D eigenvalue weighted by molar-refractivity contribution is -0.525. The first-order valence-electron chi connectivity index (χ1n) is 19.2. The van der Waals surface area contributed by atoms with Gasteiger partial charge in [-0.05, 0) is 50.3 Å². The molecule has 7 N–H and O–H groups in total. The Labute approximate surface area is 352 Å². The molecule has 0 spiro atoms. The SMILES string of the molecule is CC(C)(C)OC(=O)N[C@@H](CCCN=C(N)N[N+](=O)[O-])C(=O)NCC(=O)N[C@@H](CC(=O)OCc1ccccc1)C(=O)N[C@@H](COCc1ccccc1)C(=O)OCc1ccccc1. The number of rotatable bonds is 23. The summed E-state index contributed by atoms with van der Waals surface area (Å²) in [5.41, 5.74) is 8.35. The zero-order valence-electron chi connectivity index (χ0n) is 34.1. The Morgan fingerprint density at radius 1 is 0.738 bits per heavy atom. The molecule has 3 aromatic rings. The minimum atomic E-state index is -1.61. The topological polar surface area (TPSA) is 281 Å². The summed E-state index contributed by atoms with van der Waals surface area (Å²) in [5.74, 6) is -4.90. The molecule has 0 aliphatic rings. The summed E-state index contributed by atoms with van der Waals surface area (Å²) in [6, 6.07) is 22.4. The van der Waals surface area contributed by atoms with E-state index in [-0.39, 0.29) is 45.8 Å². The number of hydrazine groups is 1. The number of hydrogen-bond acceptors (Lipinski definition) is 13. The predicted octanol–water partition coefficient (Wildman–Crippen LogP) is 1.94. The molecular weight excluding hydrogens is 796 g/mol. The Bertz CT molecular complexity index is 1930. The first-order valence-corrected chi connectivity index (χ1v) is 19.2. The summed E-state index contributed by atoms with van der Waals surface area (Å²) >= 11 is 0. The Kier molecular flexibility index (Phi) is 20.1. The molecule has 0 aromatic heterocycles. The van der Waals surface area contributed by atoms with Crippen molar-refractivity contribution < 1.29 is 52.7 Å². The van der Waals surface area contributed by atoms with Crippen molar-refractivity contribution in [2.75, 3.05) is 19.7 Å². The van der Waals surface area contributed by atoms with Gasteiger partial charge in [-0.3, -0.25) is 19.2 Å². The number of alkyl carbamates (subject to hydrolysis) is 1. The molecule has 0 aliphatic carbocycles. The van der Waals surface area contributed by atoms with Gasteiger partial charge in [0, 0.05) is 6.54 Å². The van der Waals surface area contributed by atoms with Crippen LogP contribution in [-0.2, 0) is 62.7 Å². The van der Waals surface area contributed by atoms with E-state index in [1.54, 1.807) is 86.9 Å². The van der Waals surface area contributed by atoms with Crippen LogP contribution in [0.15, 0.2) is 96.0 Å². The van der Waals surface area contributed by atoms with Gasteiger partial charge in [0.15, 0.2) is 11.1 Å². The van der Waals surface area contributed by atoms with Crippen LogP contribution >= 0.6 is 0 Å². The number of nitrogens with zero attached hydrogens (tertiary/aromatic N) is 2. The maximum absolute atomic E-state index is 13.8. The molecular formula is C41H52N8O12. The summed E-state index contributed by atoms with van der Waals surface area (Å²) in [6.45, 7) is 3.57. The molecule has 3 atom stereocenters. The van der Waals surface area contributed by atoms with Crippen LogP contribution in [0.4, 0.5) is 4.79 Å². The van der Waals surface area contributed by atoms with Crippen molar-refractivity contribution in [3.8, 4) is 0 Å². The number of aliphatic imine (C=N–C) groups is 1. The molecule has 0 unspecified atom stereocenters. The van der Waals surface area contributed by atoms with E-state index in [9.17, 15) is 38.9 Å². The molecule has 0 radical (unpaired) electrons. The third-order valence-electron chi connectivity index (χ3n) is 8.06. The van der Waals surface area contributed by atoms with Gasteiger partial charge in [-0.2, -0.15) is 0 Å². The number of carbonyl (C=O) groups is 6. The fraction of sp³-hybridized carbons (Fsp3) is 0.390. The monoisotopic (exact) mass is 848 g/mol. The fourth-order valence-electron chi connectivity index (χ4n) is 5.19. The second-order valence-electron chi connectivity index (χ2n) is 14.3. The summed E-state index contributed by atoms with van der Waals surface area (Å²) in [7, 11) is 0. The molecule has 4 amide bonds. The minimum Gasteiger partial charge on any atom is -0.461 e. The van der Waals surface area contributed by atoms with Crippen molar-refractivity contribution in [3.05, 3.63) is 118 Å². The fourth-order valence-corrected chi connectivity index (χ4v) is 5.19. The third kappa shape index (κ3) is 20.4. The number of ether oxygens (including phenoxy) is 4. The van der Waals surface area contributed by atoms with E-state index in [1.165, 1.54) is 0 Å². The number of nitro groups is 1. The molecule has 61 heavy (non-hydrogen) atoms. The lowest BCUT2D eigenvalue weighted by Gasteiger charge is -2.24. The van der Waals surface area contributed by atoms with Crippen LogP contribution in [0.5, 0.6) is 0 Å². The number of guanidine groups is 1. The number of carbonyl (C=O) groups excluding carboxylic acids is 6. The highest BCUT2D eigenvalue weighted by Crippen LogP contribution is 2.10. The van der Waals surface area contributed by atoms with Gasteiger partial charge in [0.25, 0.3) is 5.96 Å². The molecule has 0 heterocycles. The normalized spacial score (nSPS) is 12.7. The maximum atomic E-state index is 13.8. The van der Waals surface area contributed by atoms with Crippen LogP contribution in [-0.4, -0.2) is 90.2 Å². The van der Waals surface area contributed by atoms with Gasteiger partial charge in [0.2, 0.25) is 17.7 Å². The average molecular weight is 849 g/mol. The van der Waals surface area contributed by atoms with Gasteiger partial charge in [0.05, 0.1) is 26.2 Å². The standard InChI is InChI=1S/C41H52N8O12/c1-41(2,3)61-40(55)47-31(20-13-21-43-39(42)48-49(56)57)36(52)44-23-34(50)45-32(22-35(51)59-25-29-16-9-5-10-17-29)37(53)46-33(27-58-24-28-14-7-4-8-15-28)38(54)60-26-30-18-11-6-12-19-30/h4-12,14-19,31-33H,13,20-27H2,1-3H3,(H,44,52)(H,45,50)(H,46,53)(H,47,55)(H3,42,43,48)/t31-,32-,33-/m0/s1. The number of nitrogens with one attached hydrogen (secondary N) is 5. The smallest absolute Gasteiger partial charge is 0.408 e. The van der Waals surface area contributed by atoms with Crippen LogP contribution in [0.1, 0.15) is 56.7 Å². The van der Waals surface area contributed by atoms with Gasteiger partial charge in [0.1, 0.15) is 30.9 Å². The molecule has 0 saturated carbocycles. The van der Waals surface area contributed by atoms with E-state index in [1.807, 2.05) is 30.3 Å². The highest BCUT2D eigenvalue weighted by atomic mass is 16.7. The maximum Gasteiger partial charge on any atom is 0.408 e. The molecule has 0 fully saturated rings. The molecule has 3 rings (SSSR count). The minimum absolute atomic E-state index is 0.0612. The molecule has 0 saturated heterocycles. The molecule has 0 bridgehead atoms. The zero-order chi connectivity index (χ0) is 44.6. The molecule has 3 aromatic carbocycles. The van der Waals surface area contributed by atoms with Crippen molar-refractivity contribution in [3.63, 3.8) is 0 Å². The van der Waals surface area contributed by atoms with Crippen LogP contribution in [0.2, 0.25) is 0 Å². The van der Waals surface area contributed by atoms with Crippen molar-refractivity contribution in [1.82, 2.24) is 26.7 Å². The molecule has 20 nitrogen and oxygen atoms in total. The summed E-state index contributed by atoms with van der Waals surface area (Å²) in [5, 5.41) is 19.4. The predicted molar refractivity (Wildman–Crippen MR) is 219 cm³/mol. The Morgan fingerprint density at radius 3 is 1.85 bits per heavy atom. The molecule has 20 heteroatoms. The second kappa shape index (κ2) is 25.4. The number of nitrogens with two attached hydrogens (primary N) is 1. The van der Waals surface area contributed by atoms with Gasteiger partial charge in [-0.15, -0.1) is 0 Å². The van der Waals surface area contributed by atoms with Gasteiger partial charge in [-0.1, -0.05) is 96.4 Å². The van der Waals surface area contributed by atoms with E-state index in [0.29, 0.717) is 11.1 Å². The van der Waals surface area contributed by atoms with Crippen LogP contribution in [0, 0.1) is 10.1 Å². The summed E-state index contributed by atoms with van der Waals surface area (Å²) in [6.07, 6.45) is -1.57. The van der Waals surface area contributed by atoms with E-state index in [2.05, 4.69) is 26.3 Å². The lowest BCUT2D eigenvalue weighted by Crippen LogP contribution is -2.55. The van der Waals surface area contributed by atoms with Gasteiger partial charge >= 0.3 is 18.0 Å².